The summed E-state index contributed by atoms with van der Waals surface area (Å²) in [4.78, 5) is 4.54. The average Bonchev–Trinajstić information content (AvgIpc) is 2.61. The molecule has 1 aromatic heterocycles. The Morgan fingerprint density at radius 3 is 2.67 bits per heavy atom. The molecule has 1 aromatic rings. The molecule has 0 fully saturated rings. The van der Waals surface area contributed by atoms with Crippen molar-refractivity contribution >= 4 is 11.3 Å². The zero-order valence-electron chi connectivity index (χ0n) is 10.3. The number of hydrogen-bond donors (Lipinski definition) is 1. The molecule has 1 heterocycles. The predicted octanol–water partition coefficient (Wildman–Crippen LogP) is 3.02. The molecule has 0 aliphatic heterocycles. The molecule has 0 bridgehead atoms. The van der Waals surface area contributed by atoms with Gasteiger partial charge >= 0.3 is 0 Å². The number of aryl methyl sites for hydroxylation is 1. The van der Waals surface area contributed by atoms with Gasteiger partial charge in [-0.1, -0.05) is 20.8 Å². The van der Waals surface area contributed by atoms with Crippen LogP contribution in [-0.4, -0.2) is 18.1 Å². The maximum absolute atomic E-state index is 4.54. The number of nitrogens with zero attached hydrogens (tertiary/aromatic N) is 1. The molecule has 0 aliphatic rings. The lowest BCUT2D eigenvalue weighted by atomic mass is 9.84. The summed E-state index contributed by atoms with van der Waals surface area (Å²) in [6.45, 7) is 11.0. The number of nitrogens with one attached hydrogen (secondary N) is 1. The van der Waals surface area contributed by atoms with E-state index in [4.69, 9.17) is 0 Å². The number of hydrogen-bond acceptors (Lipinski definition) is 3. The van der Waals surface area contributed by atoms with Crippen LogP contribution in [0.25, 0.3) is 0 Å². The highest BCUT2D eigenvalue weighted by molar-refractivity contribution is 7.09. The molecule has 0 saturated carbocycles. The number of rotatable bonds is 6. The van der Waals surface area contributed by atoms with Crippen LogP contribution in [0.3, 0.4) is 0 Å². The van der Waals surface area contributed by atoms with Crippen LogP contribution >= 0.6 is 11.3 Å². The van der Waals surface area contributed by atoms with Crippen LogP contribution in [-0.2, 0) is 6.42 Å². The van der Waals surface area contributed by atoms with Crippen LogP contribution in [0, 0.1) is 12.3 Å². The van der Waals surface area contributed by atoms with Crippen molar-refractivity contribution in [2.75, 3.05) is 13.1 Å². The van der Waals surface area contributed by atoms with Crippen LogP contribution in [0.2, 0.25) is 0 Å². The number of thiazole rings is 1. The summed E-state index contributed by atoms with van der Waals surface area (Å²) in [5.41, 5.74) is 1.50. The smallest absolute Gasteiger partial charge is 0.0934 e. The van der Waals surface area contributed by atoms with Gasteiger partial charge in [-0.25, -0.2) is 4.98 Å². The Kier molecular flexibility index (Phi) is 4.74. The standard InChI is InChI=1S/C12H22N2S/c1-5-12(4,9-13-6-2)7-11-14-10(3)8-15-11/h8,13H,5-7,9H2,1-4H3. The first kappa shape index (κ1) is 12.7. The summed E-state index contributed by atoms with van der Waals surface area (Å²) in [5, 5.41) is 6.85. The third-order valence-corrected chi connectivity index (χ3v) is 3.87. The molecule has 86 valence electrons. The summed E-state index contributed by atoms with van der Waals surface area (Å²) in [6, 6.07) is 0. The quantitative estimate of drug-likeness (QED) is 0.806. The van der Waals surface area contributed by atoms with Crippen molar-refractivity contribution in [1.82, 2.24) is 10.3 Å². The molecule has 1 unspecified atom stereocenters. The van der Waals surface area contributed by atoms with Crippen molar-refractivity contribution in [2.24, 2.45) is 5.41 Å². The molecule has 15 heavy (non-hydrogen) atoms. The van der Waals surface area contributed by atoms with Crippen LogP contribution < -0.4 is 5.32 Å². The van der Waals surface area contributed by atoms with E-state index in [-0.39, 0.29) is 0 Å². The highest BCUT2D eigenvalue weighted by atomic mass is 32.1. The normalized spacial score (nSPS) is 15.2. The predicted molar refractivity (Wildman–Crippen MR) is 67.5 cm³/mol. The fourth-order valence-electron chi connectivity index (χ4n) is 1.59. The van der Waals surface area contributed by atoms with Crippen LogP contribution in [0.5, 0.6) is 0 Å². The largest absolute Gasteiger partial charge is 0.316 e. The van der Waals surface area contributed by atoms with Crippen molar-refractivity contribution in [3.8, 4) is 0 Å². The van der Waals surface area contributed by atoms with Gasteiger partial charge in [-0.2, -0.15) is 0 Å². The zero-order valence-corrected chi connectivity index (χ0v) is 11.1. The van der Waals surface area contributed by atoms with E-state index >= 15 is 0 Å². The van der Waals surface area contributed by atoms with E-state index in [1.54, 1.807) is 11.3 Å². The molecule has 1 N–H and O–H groups in total. The van der Waals surface area contributed by atoms with Crippen molar-refractivity contribution in [1.29, 1.82) is 0 Å². The molecule has 0 radical (unpaired) electrons. The number of aromatic nitrogens is 1. The second-order valence-corrected chi connectivity index (χ2v) is 5.45. The van der Waals surface area contributed by atoms with Crippen molar-refractivity contribution in [3.05, 3.63) is 16.1 Å². The Morgan fingerprint density at radius 1 is 1.47 bits per heavy atom. The summed E-state index contributed by atoms with van der Waals surface area (Å²) < 4.78 is 0. The Labute approximate surface area is 97.1 Å². The summed E-state index contributed by atoms with van der Waals surface area (Å²) >= 11 is 1.79. The SMILES string of the molecule is CCNCC(C)(CC)Cc1nc(C)cs1. The summed E-state index contributed by atoms with van der Waals surface area (Å²) in [5.74, 6) is 0. The lowest BCUT2D eigenvalue weighted by Gasteiger charge is -2.27. The van der Waals surface area contributed by atoms with Gasteiger partial charge < -0.3 is 5.32 Å². The van der Waals surface area contributed by atoms with Crippen molar-refractivity contribution < 1.29 is 0 Å². The Morgan fingerprint density at radius 2 is 2.20 bits per heavy atom. The van der Waals surface area contributed by atoms with Gasteiger partial charge in [0.2, 0.25) is 0 Å². The second kappa shape index (κ2) is 5.61. The fourth-order valence-corrected chi connectivity index (χ4v) is 2.58. The van der Waals surface area contributed by atoms with Crippen molar-refractivity contribution in [3.63, 3.8) is 0 Å². The lowest BCUT2D eigenvalue weighted by Crippen LogP contribution is -2.33. The minimum Gasteiger partial charge on any atom is -0.316 e. The summed E-state index contributed by atoms with van der Waals surface area (Å²) in [7, 11) is 0. The Bertz CT molecular complexity index is 296. The van der Waals surface area contributed by atoms with Crippen LogP contribution in [0.15, 0.2) is 5.38 Å². The van der Waals surface area contributed by atoms with E-state index in [0.717, 1.165) is 25.2 Å². The van der Waals surface area contributed by atoms with Gasteiger partial charge in [0, 0.05) is 24.0 Å². The molecule has 0 aliphatic carbocycles. The molecule has 1 atom stereocenters. The highest BCUT2D eigenvalue weighted by Gasteiger charge is 2.23. The topological polar surface area (TPSA) is 24.9 Å². The van der Waals surface area contributed by atoms with E-state index in [1.807, 2.05) is 0 Å². The van der Waals surface area contributed by atoms with Gasteiger partial charge in [-0.05, 0) is 25.3 Å². The molecule has 3 heteroatoms. The van der Waals surface area contributed by atoms with E-state index in [9.17, 15) is 0 Å². The molecular formula is C12H22N2S. The first-order chi connectivity index (χ1) is 7.09. The maximum atomic E-state index is 4.54. The minimum absolute atomic E-state index is 0.348. The van der Waals surface area contributed by atoms with E-state index < -0.39 is 0 Å². The van der Waals surface area contributed by atoms with E-state index in [1.165, 1.54) is 11.4 Å². The second-order valence-electron chi connectivity index (χ2n) is 4.50. The van der Waals surface area contributed by atoms with Gasteiger partial charge in [-0.3, -0.25) is 0 Å². The molecule has 2 nitrogen and oxygen atoms in total. The third-order valence-electron chi connectivity index (χ3n) is 2.90. The first-order valence-corrected chi connectivity index (χ1v) is 6.59. The third kappa shape index (κ3) is 3.92. The van der Waals surface area contributed by atoms with Gasteiger partial charge in [0.15, 0.2) is 0 Å². The Hall–Kier alpha value is -0.410. The zero-order chi connectivity index (χ0) is 11.3. The molecule has 0 amide bonds. The monoisotopic (exact) mass is 226 g/mol. The first-order valence-electron chi connectivity index (χ1n) is 5.71. The lowest BCUT2D eigenvalue weighted by molar-refractivity contribution is 0.292. The van der Waals surface area contributed by atoms with Gasteiger partial charge in [0.25, 0.3) is 0 Å². The van der Waals surface area contributed by atoms with Crippen LogP contribution in [0.4, 0.5) is 0 Å². The molecule has 1 rings (SSSR count). The summed E-state index contributed by atoms with van der Waals surface area (Å²) in [6.07, 6.45) is 2.29. The molecule has 0 aromatic carbocycles. The van der Waals surface area contributed by atoms with Gasteiger partial charge in [-0.15, -0.1) is 11.3 Å². The van der Waals surface area contributed by atoms with E-state index in [2.05, 4.69) is 43.4 Å². The fraction of sp³-hybridized carbons (Fsp3) is 0.750. The van der Waals surface area contributed by atoms with Crippen LogP contribution in [0.1, 0.15) is 37.9 Å². The Balaban J connectivity index is 2.59. The van der Waals surface area contributed by atoms with Gasteiger partial charge in [0.1, 0.15) is 0 Å². The van der Waals surface area contributed by atoms with E-state index in [0.29, 0.717) is 5.41 Å². The van der Waals surface area contributed by atoms with Crippen molar-refractivity contribution in [2.45, 2.75) is 40.5 Å². The molecule has 0 saturated heterocycles. The molecular weight excluding hydrogens is 204 g/mol. The van der Waals surface area contributed by atoms with Gasteiger partial charge in [0.05, 0.1) is 5.01 Å². The average molecular weight is 226 g/mol. The minimum atomic E-state index is 0.348. The molecule has 0 spiro atoms. The maximum Gasteiger partial charge on any atom is 0.0934 e. The highest BCUT2D eigenvalue weighted by Crippen LogP contribution is 2.27.